The standard InChI is InChI=1S/C40H55NO4S3/c1-6-11-14-15-16-17-21-41-39(42)31-26-47-38(33(31)40(41)43)32-23-30-35(45-25-28(10-5)19-13-8-3)36-29(20-22-46-36)34(37(30)48-32)44-24-27(9-4)18-12-7-2/h20,22-23,26-28H,6-19,21,24-25H2,1-5H3. The third kappa shape index (κ3) is 8.13. The van der Waals surface area contributed by atoms with Gasteiger partial charge < -0.3 is 9.47 Å². The Labute approximate surface area is 300 Å². The van der Waals surface area contributed by atoms with E-state index >= 15 is 0 Å². The van der Waals surface area contributed by atoms with E-state index in [9.17, 15) is 9.59 Å². The highest BCUT2D eigenvalue weighted by molar-refractivity contribution is 7.26. The van der Waals surface area contributed by atoms with Gasteiger partial charge in [-0.1, -0.05) is 105 Å². The van der Waals surface area contributed by atoms with Crippen molar-refractivity contribution in [1.82, 2.24) is 4.90 Å². The minimum atomic E-state index is -0.144. The van der Waals surface area contributed by atoms with Gasteiger partial charge in [0.15, 0.2) is 0 Å². The lowest BCUT2D eigenvalue weighted by molar-refractivity contribution is 0.0651. The van der Waals surface area contributed by atoms with Crippen LogP contribution in [0.2, 0.25) is 0 Å². The van der Waals surface area contributed by atoms with Gasteiger partial charge in [-0.15, -0.1) is 34.0 Å². The zero-order chi connectivity index (χ0) is 34.0. The van der Waals surface area contributed by atoms with Gasteiger partial charge in [-0.25, -0.2) is 0 Å². The van der Waals surface area contributed by atoms with E-state index in [0.717, 1.165) is 73.5 Å². The van der Waals surface area contributed by atoms with Gasteiger partial charge in [0.2, 0.25) is 0 Å². The Morgan fingerprint density at radius 3 is 1.98 bits per heavy atom. The van der Waals surface area contributed by atoms with Crippen LogP contribution in [0.15, 0.2) is 22.9 Å². The molecule has 2 atom stereocenters. The maximum absolute atomic E-state index is 13.8. The van der Waals surface area contributed by atoms with Gasteiger partial charge in [-0.05, 0) is 48.6 Å². The van der Waals surface area contributed by atoms with E-state index in [4.69, 9.17) is 9.47 Å². The lowest BCUT2D eigenvalue weighted by Gasteiger charge is -2.19. The highest BCUT2D eigenvalue weighted by Crippen LogP contribution is 2.52. The second-order valence-corrected chi connectivity index (χ2v) is 16.4. The molecule has 8 heteroatoms. The van der Waals surface area contributed by atoms with Gasteiger partial charge in [-0.3, -0.25) is 14.5 Å². The molecule has 0 bridgehead atoms. The van der Waals surface area contributed by atoms with Crippen LogP contribution >= 0.6 is 34.0 Å². The van der Waals surface area contributed by atoms with Crippen molar-refractivity contribution in [3.63, 3.8) is 0 Å². The van der Waals surface area contributed by atoms with E-state index in [1.807, 2.05) is 5.38 Å². The van der Waals surface area contributed by atoms with Crippen molar-refractivity contribution in [2.24, 2.45) is 11.8 Å². The molecule has 0 spiro atoms. The number of imide groups is 1. The zero-order valence-corrected chi connectivity index (χ0v) is 32.2. The van der Waals surface area contributed by atoms with Crippen molar-refractivity contribution in [1.29, 1.82) is 0 Å². The first-order valence-corrected chi connectivity index (χ1v) is 21.2. The number of nitrogens with zero attached hydrogens (tertiary/aromatic N) is 1. The van der Waals surface area contributed by atoms with Gasteiger partial charge in [0.05, 0.1) is 38.6 Å². The Bertz CT molecular complexity index is 1580. The molecule has 0 N–H and O–H groups in total. The van der Waals surface area contributed by atoms with Crippen LogP contribution in [0, 0.1) is 11.8 Å². The van der Waals surface area contributed by atoms with Crippen LogP contribution < -0.4 is 9.47 Å². The number of hydrogen-bond acceptors (Lipinski definition) is 7. The summed E-state index contributed by atoms with van der Waals surface area (Å²) in [5.41, 5.74) is 1.13. The van der Waals surface area contributed by atoms with Crippen LogP contribution in [0.25, 0.3) is 29.9 Å². The molecule has 4 heterocycles. The van der Waals surface area contributed by atoms with Crippen molar-refractivity contribution >= 4 is 66.0 Å². The van der Waals surface area contributed by atoms with E-state index in [-0.39, 0.29) is 11.8 Å². The highest BCUT2D eigenvalue weighted by Gasteiger charge is 2.39. The van der Waals surface area contributed by atoms with Gasteiger partial charge in [-0.2, -0.15) is 0 Å². The van der Waals surface area contributed by atoms with E-state index in [2.05, 4.69) is 52.1 Å². The first-order chi connectivity index (χ1) is 23.5. The van der Waals surface area contributed by atoms with Gasteiger partial charge in [0, 0.05) is 27.6 Å². The summed E-state index contributed by atoms with van der Waals surface area (Å²) >= 11 is 4.90. The molecule has 48 heavy (non-hydrogen) atoms. The SMILES string of the molecule is CCCCCCCCN1C(=O)c2csc(-c3cc4c(OCC(CC)CCCC)c5sccc5c(OCC(CC)CCCC)c4s3)c2C1=O. The van der Waals surface area contributed by atoms with E-state index in [1.165, 1.54) is 74.0 Å². The van der Waals surface area contributed by atoms with Gasteiger partial charge >= 0.3 is 0 Å². The molecule has 2 amide bonds. The minimum Gasteiger partial charge on any atom is -0.491 e. The summed E-state index contributed by atoms with van der Waals surface area (Å²) in [5, 5.41) is 6.19. The van der Waals surface area contributed by atoms with Crippen molar-refractivity contribution in [2.75, 3.05) is 19.8 Å². The number of hydrogen-bond donors (Lipinski definition) is 0. The smallest absolute Gasteiger partial charge is 0.263 e. The quantitative estimate of drug-likeness (QED) is 0.0602. The van der Waals surface area contributed by atoms with Crippen LogP contribution in [0.1, 0.15) is 145 Å². The second kappa shape index (κ2) is 18.0. The molecule has 1 aliphatic rings. The van der Waals surface area contributed by atoms with Crippen LogP contribution in [0.5, 0.6) is 11.5 Å². The number of unbranched alkanes of at least 4 members (excludes halogenated alkanes) is 7. The lowest BCUT2D eigenvalue weighted by Crippen LogP contribution is -2.30. The summed E-state index contributed by atoms with van der Waals surface area (Å²) in [6.07, 6.45) is 16.1. The predicted octanol–water partition coefficient (Wildman–Crippen LogP) is 13.0. The molecule has 0 radical (unpaired) electrons. The second-order valence-electron chi connectivity index (χ2n) is 13.5. The van der Waals surface area contributed by atoms with Crippen molar-refractivity contribution in [3.05, 3.63) is 34.0 Å². The molecular weight excluding hydrogens is 655 g/mol. The van der Waals surface area contributed by atoms with Crippen LogP contribution in [0.3, 0.4) is 0 Å². The summed E-state index contributed by atoms with van der Waals surface area (Å²) in [7, 11) is 0. The molecule has 1 aromatic carbocycles. The lowest BCUT2D eigenvalue weighted by atomic mass is 10.0. The molecule has 0 fully saturated rings. The van der Waals surface area contributed by atoms with Crippen molar-refractivity contribution in [3.8, 4) is 21.3 Å². The summed E-state index contributed by atoms with van der Waals surface area (Å²) in [6, 6.07) is 4.37. The maximum atomic E-state index is 13.8. The Kier molecular flexibility index (Phi) is 13.8. The number of carbonyl (C=O) groups is 2. The molecule has 5 nitrogen and oxygen atoms in total. The Balaban J connectivity index is 1.50. The molecule has 0 saturated heterocycles. The molecule has 3 aromatic heterocycles. The monoisotopic (exact) mass is 709 g/mol. The normalized spacial score (nSPS) is 14.4. The summed E-state index contributed by atoms with van der Waals surface area (Å²) in [5.74, 6) is 2.59. The number of amides is 2. The van der Waals surface area contributed by atoms with E-state index < -0.39 is 0 Å². The largest absolute Gasteiger partial charge is 0.491 e. The average molecular weight is 710 g/mol. The van der Waals surface area contributed by atoms with Crippen LogP contribution in [-0.4, -0.2) is 36.5 Å². The molecule has 262 valence electrons. The topological polar surface area (TPSA) is 55.8 Å². The summed E-state index contributed by atoms with van der Waals surface area (Å²) < 4.78 is 15.8. The number of benzene rings is 1. The van der Waals surface area contributed by atoms with Crippen LogP contribution in [0.4, 0.5) is 0 Å². The average Bonchev–Trinajstić information content (AvgIpc) is 3.89. The fourth-order valence-electron chi connectivity index (χ4n) is 6.77. The molecule has 4 aromatic rings. The predicted molar refractivity (Wildman–Crippen MR) is 207 cm³/mol. The first kappa shape index (κ1) is 36.9. The van der Waals surface area contributed by atoms with Crippen molar-refractivity contribution in [2.45, 2.75) is 125 Å². The van der Waals surface area contributed by atoms with Gasteiger partial charge in [0.25, 0.3) is 11.8 Å². The molecule has 1 aliphatic heterocycles. The third-order valence-electron chi connectivity index (χ3n) is 10.00. The van der Waals surface area contributed by atoms with E-state index in [0.29, 0.717) is 42.7 Å². The highest BCUT2D eigenvalue weighted by atomic mass is 32.1. The summed E-state index contributed by atoms with van der Waals surface area (Å²) in [6.45, 7) is 13.1. The molecular formula is C40H55NO4S3. The number of thiophene rings is 3. The van der Waals surface area contributed by atoms with Gasteiger partial charge in [0.1, 0.15) is 11.5 Å². The maximum Gasteiger partial charge on any atom is 0.263 e. The Morgan fingerprint density at radius 1 is 0.708 bits per heavy atom. The molecule has 5 rings (SSSR count). The minimum absolute atomic E-state index is 0.142. The Hall–Kier alpha value is -2.42. The van der Waals surface area contributed by atoms with Crippen molar-refractivity contribution < 1.29 is 19.1 Å². The fraction of sp³-hybridized carbons (Fsp3) is 0.600. The zero-order valence-electron chi connectivity index (χ0n) is 29.8. The third-order valence-corrected chi connectivity index (χ3v) is 13.2. The first-order valence-electron chi connectivity index (χ1n) is 18.7. The number of ether oxygens (including phenoxy) is 2. The molecule has 2 unspecified atom stereocenters. The number of carbonyl (C=O) groups excluding carboxylic acids is 2. The Morgan fingerprint density at radius 2 is 1.33 bits per heavy atom. The van der Waals surface area contributed by atoms with Crippen LogP contribution in [-0.2, 0) is 0 Å². The number of rotatable bonds is 22. The number of fused-ring (bicyclic) bond motifs is 3. The fourth-order valence-corrected chi connectivity index (χ4v) is 10.0. The molecule has 0 saturated carbocycles. The summed E-state index contributed by atoms with van der Waals surface area (Å²) in [4.78, 5) is 30.6. The van der Waals surface area contributed by atoms with E-state index in [1.54, 1.807) is 22.7 Å². The molecule has 0 aliphatic carbocycles.